The van der Waals surface area contributed by atoms with Gasteiger partial charge in [0.1, 0.15) is 35.1 Å². The standard InChI is InChI=1S/C40H48Cl2FN5O7/c1-39(2,3)55-37(52)45-32-16-8-6-4-5-7-12-25-20-40(25,36(51)44-18-17-27-29(41)13-10-14-30(27)42)46-34(49)33-19-26(22-48(33)35(32)50)54-38(53)47-21-24-11-9-15-31(43)28(24)23-47/h7,9-15,25-26,32-33H,4-6,8,16-23H2,1-3H3,(H,44,51)(H,45,52)(H,46,49)/b12-7-/t25?,26-,32?,33+,40?/m1/s1. The average molecular weight is 801 g/mol. The number of alkyl carbamates (subject to hydrolysis) is 1. The highest BCUT2D eigenvalue weighted by Crippen LogP contribution is 2.45. The van der Waals surface area contributed by atoms with Gasteiger partial charge in [-0.05, 0) is 82.2 Å². The number of halogens is 3. The lowest BCUT2D eigenvalue weighted by Crippen LogP contribution is -2.58. The lowest BCUT2D eigenvalue weighted by atomic mass is 10.0. The van der Waals surface area contributed by atoms with Gasteiger partial charge in [0.05, 0.1) is 13.1 Å². The van der Waals surface area contributed by atoms with Crippen LogP contribution in [0.25, 0.3) is 0 Å². The molecule has 6 rings (SSSR count). The van der Waals surface area contributed by atoms with Crippen molar-refractivity contribution in [3.8, 4) is 0 Å². The molecule has 3 N–H and O–H groups in total. The van der Waals surface area contributed by atoms with E-state index in [1.165, 1.54) is 15.9 Å². The number of amides is 5. The molecule has 5 atom stereocenters. The van der Waals surface area contributed by atoms with E-state index in [4.69, 9.17) is 32.7 Å². The molecule has 3 aliphatic heterocycles. The topological polar surface area (TPSA) is 146 Å². The van der Waals surface area contributed by atoms with Crippen molar-refractivity contribution in [2.75, 3.05) is 13.1 Å². The molecule has 4 aliphatic rings. The van der Waals surface area contributed by atoms with Crippen LogP contribution in [-0.4, -0.2) is 82.1 Å². The van der Waals surface area contributed by atoms with Crippen LogP contribution in [0.5, 0.6) is 0 Å². The fourth-order valence-electron chi connectivity index (χ4n) is 7.57. The summed E-state index contributed by atoms with van der Waals surface area (Å²) in [5.74, 6) is -2.20. The molecule has 5 amide bonds. The van der Waals surface area contributed by atoms with Gasteiger partial charge in [0, 0.05) is 41.0 Å². The van der Waals surface area contributed by atoms with Crippen LogP contribution in [0.4, 0.5) is 14.0 Å². The maximum absolute atomic E-state index is 14.5. The number of carbonyl (C=O) groups is 5. The van der Waals surface area contributed by atoms with Gasteiger partial charge >= 0.3 is 12.2 Å². The van der Waals surface area contributed by atoms with Crippen molar-refractivity contribution >= 4 is 53.1 Å². The van der Waals surface area contributed by atoms with Crippen LogP contribution in [-0.2, 0) is 43.4 Å². The molecule has 1 saturated heterocycles. The highest BCUT2D eigenvalue weighted by Gasteiger charge is 2.61. The summed E-state index contributed by atoms with van der Waals surface area (Å²) in [6.07, 6.45) is 5.47. The van der Waals surface area contributed by atoms with Gasteiger partial charge in [0.25, 0.3) is 0 Å². The van der Waals surface area contributed by atoms with Crippen LogP contribution in [0, 0.1) is 11.7 Å². The Labute approximate surface area is 330 Å². The zero-order chi connectivity index (χ0) is 39.5. The van der Waals surface area contributed by atoms with Crippen molar-refractivity contribution in [1.29, 1.82) is 0 Å². The maximum atomic E-state index is 14.5. The number of benzene rings is 2. The SMILES string of the molecule is CC(C)(C)OC(=O)NC1CCCCC/C=C\C2CC2(C(=O)NCCc2c(Cl)cccc2Cl)NC(=O)[C@@H]2C[C@@H](OC(=O)N3Cc4cccc(F)c4C3)CN2C1=O. The smallest absolute Gasteiger partial charge is 0.410 e. The number of nitrogens with zero attached hydrogens (tertiary/aromatic N) is 2. The van der Waals surface area contributed by atoms with E-state index in [-0.39, 0.29) is 44.4 Å². The lowest BCUT2D eigenvalue weighted by molar-refractivity contribution is -0.141. The third kappa shape index (κ3) is 9.55. The molecule has 1 aliphatic carbocycles. The molecule has 3 heterocycles. The Morgan fingerprint density at radius 1 is 1.04 bits per heavy atom. The summed E-state index contributed by atoms with van der Waals surface area (Å²) in [6, 6.07) is 7.69. The number of nitrogens with one attached hydrogen (secondary N) is 3. The molecule has 296 valence electrons. The normalized spacial score (nSPS) is 26.0. The first-order valence-electron chi connectivity index (χ1n) is 18.9. The summed E-state index contributed by atoms with van der Waals surface area (Å²) in [5.41, 5.74) is -0.312. The third-order valence-corrected chi connectivity index (χ3v) is 11.2. The van der Waals surface area contributed by atoms with Gasteiger partial charge in [0.15, 0.2) is 0 Å². The molecule has 55 heavy (non-hydrogen) atoms. The minimum atomic E-state index is -1.28. The second kappa shape index (κ2) is 16.8. The van der Waals surface area contributed by atoms with Gasteiger partial charge in [-0.3, -0.25) is 19.3 Å². The molecule has 0 aromatic heterocycles. The van der Waals surface area contributed by atoms with Crippen LogP contribution >= 0.6 is 23.2 Å². The van der Waals surface area contributed by atoms with E-state index >= 15 is 0 Å². The second-order valence-corrected chi connectivity index (χ2v) is 16.5. The molecule has 2 aromatic carbocycles. The van der Waals surface area contributed by atoms with E-state index in [0.717, 1.165) is 19.3 Å². The summed E-state index contributed by atoms with van der Waals surface area (Å²) < 4.78 is 25.8. The number of hydrogen-bond donors (Lipinski definition) is 3. The fraction of sp³-hybridized carbons (Fsp3) is 0.525. The van der Waals surface area contributed by atoms with E-state index < -0.39 is 59.1 Å². The molecule has 1 saturated carbocycles. The Hall–Kier alpha value is -4.36. The summed E-state index contributed by atoms with van der Waals surface area (Å²) in [6.45, 7) is 5.41. The Kier molecular flexibility index (Phi) is 12.3. The summed E-state index contributed by atoms with van der Waals surface area (Å²) in [4.78, 5) is 71.7. The van der Waals surface area contributed by atoms with E-state index in [9.17, 15) is 28.4 Å². The van der Waals surface area contributed by atoms with Crippen LogP contribution in [0.3, 0.4) is 0 Å². The fourth-order valence-corrected chi connectivity index (χ4v) is 8.16. The first-order valence-corrected chi connectivity index (χ1v) is 19.6. The first kappa shape index (κ1) is 40.3. The molecular formula is C40H48Cl2FN5O7. The van der Waals surface area contributed by atoms with Gasteiger partial charge in [-0.25, -0.2) is 14.0 Å². The summed E-state index contributed by atoms with van der Waals surface area (Å²) in [7, 11) is 0. The van der Waals surface area contributed by atoms with Crippen LogP contribution < -0.4 is 16.0 Å². The van der Waals surface area contributed by atoms with Gasteiger partial charge in [-0.1, -0.05) is 66.4 Å². The van der Waals surface area contributed by atoms with Crippen LogP contribution in [0.2, 0.25) is 10.0 Å². The molecule has 2 aromatic rings. The lowest BCUT2D eigenvalue weighted by Gasteiger charge is -2.30. The number of hydrogen-bond acceptors (Lipinski definition) is 7. The third-order valence-electron chi connectivity index (χ3n) is 10.5. The van der Waals surface area contributed by atoms with E-state index in [1.807, 2.05) is 12.2 Å². The quantitative estimate of drug-likeness (QED) is 0.295. The van der Waals surface area contributed by atoms with Gasteiger partial charge in [-0.15, -0.1) is 0 Å². The van der Waals surface area contributed by atoms with Crippen molar-refractivity contribution in [1.82, 2.24) is 25.8 Å². The number of carbonyl (C=O) groups excluding carboxylic acids is 5. The Balaban J connectivity index is 1.22. The highest BCUT2D eigenvalue weighted by atomic mass is 35.5. The van der Waals surface area contributed by atoms with Crippen molar-refractivity contribution in [3.63, 3.8) is 0 Å². The van der Waals surface area contributed by atoms with Crippen molar-refractivity contribution in [3.05, 3.63) is 81.1 Å². The molecule has 2 fully saturated rings. The van der Waals surface area contributed by atoms with Gasteiger partial charge in [-0.2, -0.15) is 0 Å². The maximum Gasteiger partial charge on any atom is 0.410 e. The largest absolute Gasteiger partial charge is 0.444 e. The van der Waals surface area contributed by atoms with Crippen LogP contribution in [0.15, 0.2) is 48.6 Å². The van der Waals surface area contributed by atoms with E-state index in [2.05, 4.69) is 16.0 Å². The number of allylic oxidation sites excluding steroid dienone is 1. The van der Waals surface area contributed by atoms with Gasteiger partial charge < -0.3 is 30.3 Å². The minimum Gasteiger partial charge on any atom is -0.444 e. The molecule has 15 heteroatoms. The summed E-state index contributed by atoms with van der Waals surface area (Å²) >= 11 is 12.7. The molecule has 12 nitrogen and oxygen atoms in total. The zero-order valence-electron chi connectivity index (χ0n) is 31.3. The van der Waals surface area contributed by atoms with Crippen molar-refractivity contribution in [2.45, 2.75) is 115 Å². The average Bonchev–Trinajstić information content (AvgIpc) is 3.41. The monoisotopic (exact) mass is 799 g/mol. The predicted octanol–water partition coefficient (Wildman–Crippen LogP) is 6.20. The zero-order valence-corrected chi connectivity index (χ0v) is 32.8. The Bertz CT molecular complexity index is 1830. The Morgan fingerprint density at radius 2 is 1.78 bits per heavy atom. The summed E-state index contributed by atoms with van der Waals surface area (Å²) in [5, 5.41) is 9.61. The molecule has 3 unspecified atom stereocenters. The number of ether oxygens (including phenoxy) is 2. The Morgan fingerprint density at radius 3 is 2.51 bits per heavy atom. The second-order valence-electron chi connectivity index (χ2n) is 15.7. The highest BCUT2D eigenvalue weighted by molar-refractivity contribution is 6.36. The van der Waals surface area contributed by atoms with E-state index in [1.54, 1.807) is 51.1 Å². The predicted molar refractivity (Wildman–Crippen MR) is 204 cm³/mol. The molecular weight excluding hydrogens is 752 g/mol. The van der Waals surface area contributed by atoms with Gasteiger partial charge in [0.2, 0.25) is 17.7 Å². The van der Waals surface area contributed by atoms with E-state index in [0.29, 0.717) is 52.4 Å². The van der Waals surface area contributed by atoms with Crippen molar-refractivity contribution in [2.24, 2.45) is 5.92 Å². The molecule has 0 bridgehead atoms. The number of fused-ring (bicyclic) bond motifs is 3. The molecule has 0 spiro atoms. The van der Waals surface area contributed by atoms with Crippen LogP contribution in [0.1, 0.15) is 82.4 Å². The minimum absolute atomic E-state index is 0.0250. The molecule has 0 radical (unpaired) electrons. The number of rotatable bonds is 6. The first-order chi connectivity index (χ1) is 26.1. The van der Waals surface area contributed by atoms with Crippen molar-refractivity contribution < 1.29 is 37.8 Å².